The molecule has 0 radical (unpaired) electrons. The average Bonchev–Trinajstić information content (AvgIpc) is 2.30. The van der Waals surface area contributed by atoms with E-state index in [1.165, 1.54) is 0 Å². The molecule has 0 bridgehead atoms. The molecular weight excluding hydrogens is 240 g/mol. The maximum absolute atomic E-state index is 4.49. The number of pyridine rings is 2. The third kappa shape index (κ3) is 1.99. The van der Waals surface area contributed by atoms with Crippen molar-refractivity contribution in [2.24, 2.45) is 0 Å². The summed E-state index contributed by atoms with van der Waals surface area (Å²) in [4.78, 5) is 8.46. The van der Waals surface area contributed by atoms with Crippen LogP contribution in [-0.4, -0.2) is 9.97 Å². The molecule has 0 saturated carbocycles. The van der Waals surface area contributed by atoms with Crippen molar-refractivity contribution in [2.75, 3.05) is 0 Å². The van der Waals surface area contributed by atoms with Crippen LogP contribution in [0, 0.1) is 0 Å². The van der Waals surface area contributed by atoms with E-state index < -0.39 is 0 Å². The third-order valence-electron chi connectivity index (χ3n) is 1.92. The Bertz CT molecular complexity index is 415. The highest BCUT2D eigenvalue weighted by Crippen LogP contribution is 2.16. The Labute approximate surface area is 91.2 Å². The molecule has 0 aliphatic heterocycles. The number of halogens is 1. The first kappa shape index (κ1) is 9.34. The molecule has 2 nitrogen and oxygen atoms in total. The summed E-state index contributed by atoms with van der Waals surface area (Å²) in [5.74, 6) is 0. The van der Waals surface area contributed by atoms with Crippen molar-refractivity contribution >= 4 is 15.9 Å². The first-order chi connectivity index (χ1) is 6.90. The smallest absolute Gasteiger partial charge is 0.0706 e. The Morgan fingerprint density at radius 2 is 1.86 bits per heavy atom. The van der Waals surface area contributed by atoms with E-state index >= 15 is 0 Å². The minimum atomic E-state index is 0.784. The van der Waals surface area contributed by atoms with E-state index in [-0.39, 0.29) is 0 Å². The molecular formula is C11H9BrN2. The fourth-order valence-electron chi connectivity index (χ4n) is 1.24. The number of alkyl halides is 1. The quantitative estimate of drug-likeness (QED) is 0.764. The van der Waals surface area contributed by atoms with Gasteiger partial charge in [-0.05, 0) is 24.3 Å². The molecule has 2 heterocycles. The van der Waals surface area contributed by atoms with E-state index in [4.69, 9.17) is 0 Å². The fourth-order valence-corrected chi connectivity index (χ4v) is 1.55. The summed E-state index contributed by atoms with van der Waals surface area (Å²) in [7, 11) is 0. The van der Waals surface area contributed by atoms with Gasteiger partial charge in [-0.1, -0.05) is 22.0 Å². The molecule has 2 aromatic rings. The summed E-state index contributed by atoms with van der Waals surface area (Å²) < 4.78 is 0. The van der Waals surface area contributed by atoms with Crippen LogP contribution >= 0.6 is 15.9 Å². The summed E-state index contributed by atoms with van der Waals surface area (Å²) in [6, 6.07) is 9.93. The van der Waals surface area contributed by atoms with Gasteiger partial charge in [-0.15, -0.1) is 0 Å². The first-order valence-corrected chi connectivity index (χ1v) is 5.44. The highest BCUT2D eigenvalue weighted by Gasteiger charge is 1.98. The Morgan fingerprint density at radius 3 is 2.57 bits per heavy atom. The van der Waals surface area contributed by atoms with Gasteiger partial charge < -0.3 is 0 Å². The number of nitrogens with zero attached hydrogens (tertiary/aromatic N) is 2. The van der Waals surface area contributed by atoms with Crippen LogP contribution in [-0.2, 0) is 5.33 Å². The molecule has 0 fully saturated rings. The maximum atomic E-state index is 4.49. The van der Waals surface area contributed by atoms with Gasteiger partial charge in [-0.2, -0.15) is 0 Å². The lowest BCUT2D eigenvalue weighted by molar-refractivity contribution is 1.18. The summed E-state index contributed by atoms with van der Waals surface area (Å²) >= 11 is 3.39. The van der Waals surface area contributed by atoms with Crippen molar-refractivity contribution < 1.29 is 0 Å². The van der Waals surface area contributed by atoms with Crippen molar-refractivity contribution in [3.63, 3.8) is 0 Å². The van der Waals surface area contributed by atoms with E-state index in [2.05, 4.69) is 25.9 Å². The summed E-state index contributed by atoms with van der Waals surface area (Å²) in [5.41, 5.74) is 3.13. The van der Waals surface area contributed by atoms with E-state index in [9.17, 15) is 0 Å². The van der Waals surface area contributed by atoms with Gasteiger partial charge in [0.15, 0.2) is 0 Å². The van der Waals surface area contributed by atoms with E-state index in [0.29, 0.717) is 0 Å². The zero-order chi connectivity index (χ0) is 9.80. The minimum Gasteiger partial charge on any atom is -0.265 e. The van der Waals surface area contributed by atoms with Crippen LogP contribution in [0.2, 0.25) is 0 Å². The van der Waals surface area contributed by atoms with Crippen molar-refractivity contribution in [3.05, 3.63) is 48.4 Å². The van der Waals surface area contributed by atoms with Crippen LogP contribution in [0.1, 0.15) is 5.69 Å². The van der Waals surface area contributed by atoms with Gasteiger partial charge in [0, 0.05) is 23.3 Å². The van der Waals surface area contributed by atoms with Gasteiger partial charge in [0.2, 0.25) is 0 Å². The van der Waals surface area contributed by atoms with E-state index in [1.54, 1.807) is 12.4 Å². The molecule has 0 unspecified atom stereocenters. The molecule has 0 aliphatic carbocycles. The Hall–Kier alpha value is -1.22. The molecule has 0 saturated heterocycles. The molecule has 0 spiro atoms. The van der Waals surface area contributed by atoms with Crippen molar-refractivity contribution in [1.29, 1.82) is 0 Å². The monoisotopic (exact) mass is 248 g/mol. The van der Waals surface area contributed by atoms with Gasteiger partial charge in [0.1, 0.15) is 0 Å². The highest BCUT2D eigenvalue weighted by atomic mass is 79.9. The summed E-state index contributed by atoms with van der Waals surface area (Å²) in [6.07, 6.45) is 3.55. The van der Waals surface area contributed by atoms with Crippen LogP contribution in [0.25, 0.3) is 11.3 Å². The van der Waals surface area contributed by atoms with Crippen molar-refractivity contribution in [1.82, 2.24) is 9.97 Å². The Kier molecular flexibility index (Phi) is 2.89. The molecule has 70 valence electrons. The van der Waals surface area contributed by atoms with Crippen molar-refractivity contribution in [3.8, 4) is 11.3 Å². The standard InChI is InChI=1S/C11H9BrN2/c12-8-10-2-1-3-11(14-10)9-4-6-13-7-5-9/h1-7H,8H2. The molecule has 0 aliphatic rings. The first-order valence-electron chi connectivity index (χ1n) is 4.32. The zero-order valence-electron chi connectivity index (χ0n) is 7.52. The zero-order valence-corrected chi connectivity index (χ0v) is 9.11. The van der Waals surface area contributed by atoms with Gasteiger partial charge in [-0.3, -0.25) is 9.97 Å². The molecule has 0 aromatic carbocycles. The maximum Gasteiger partial charge on any atom is 0.0706 e. The Morgan fingerprint density at radius 1 is 1.07 bits per heavy atom. The lowest BCUT2D eigenvalue weighted by atomic mass is 10.2. The van der Waals surface area contributed by atoms with E-state index in [0.717, 1.165) is 22.3 Å². The largest absolute Gasteiger partial charge is 0.265 e. The van der Waals surface area contributed by atoms with Crippen LogP contribution in [0.15, 0.2) is 42.7 Å². The Balaban J connectivity index is 2.42. The molecule has 0 amide bonds. The molecule has 0 atom stereocenters. The summed E-state index contributed by atoms with van der Waals surface area (Å²) in [5, 5.41) is 0.784. The van der Waals surface area contributed by atoms with Gasteiger partial charge in [-0.25, -0.2) is 0 Å². The van der Waals surface area contributed by atoms with Gasteiger partial charge in [0.05, 0.1) is 11.4 Å². The number of aromatic nitrogens is 2. The topological polar surface area (TPSA) is 25.8 Å². The normalized spacial score (nSPS) is 10.1. The predicted octanol–water partition coefficient (Wildman–Crippen LogP) is 3.04. The molecule has 14 heavy (non-hydrogen) atoms. The number of hydrogen-bond donors (Lipinski definition) is 0. The average molecular weight is 249 g/mol. The molecule has 3 heteroatoms. The second kappa shape index (κ2) is 4.33. The fraction of sp³-hybridized carbons (Fsp3) is 0.0909. The SMILES string of the molecule is BrCc1cccc(-c2ccncc2)n1. The van der Waals surface area contributed by atoms with Crippen LogP contribution in [0.5, 0.6) is 0 Å². The van der Waals surface area contributed by atoms with Crippen LogP contribution in [0.4, 0.5) is 0 Å². The molecule has 2 rings (SSSR count). The highest BCUT2D eigenvalue weighted by molar-refractivity contribution is 9.08. The van der Waals surface area contributed by atoms with E-state index in [1.807, 2.05) is 30.3 Å². The van der Waals surface area contributed by atoms with Crippen molar-refractivity contribution in [2.45, 2.75) is 5.33 Å². The third-order valence-corrected chi connectivity index (χ3v) is 2.49. The summed E-state index contributed by atoms with van der Waals surface area (Å²) in [6.45, 7) is 0. The lowest BCUT2D eigenvalue weighted by Crippen LogP contribution is -1.88. The van der Waals surface area contributed by atoms with Crippen LogP contribution < -0.4 is 0 Å². The minimum absolute atomic E-state index is 0.784. The lowest BCUT2D eigenvalue weighted by Gasteiger charge is -2.01. The van der Waals surface area contributed by atoms with Crippen LogP contribution in [0.3, 0.4) is 0 Å². The van der Waals surface area contributed by atoms with Gasteiger partial charge >= 0.3 is 0 Å². The number of rotatable bonds is 2. The second-order valence-electron chi connectivity index (χ2n) is 2.88. The molecule has 0 N–H and O–H groups in total. The second-order valence-corrected chi connectivity index (χ2v) is 3.44. The predicted molar refractivity (Wildman–Crippen MR) is 60.1 cm³/mol. The van der Waals surface area contributed by atoms with Gasteiger partial charge in [0.25, 0.3) is 0 Å². The molecule has 2 aromatic heterocycles. The number of hydrogen-bond acceptors (Lipinski definition) is 2.